The van der Waals surface area contributed by atoms with Crippen molar-refractivity contribution in [1.82, 2.24) is 10.7 Å². The number of hydrazone groups is 1. The number of benzene rings is 2. The molecule has 2 rings (SSSR count). The highest BCUT2D eigenvalue weighted by atomic mass is 79.9. The molecule has 0 aliphatic heterocycles. The number of nitrogens with one attached hydrogen (secondary N) is 2. The normalized spacial score (nSPS) is 10.4. The Hall–Kier alpha value is -3.07. The van der Waals surface area contributed by atoms with Gasteiger partial charge in [0.05, 0.1) is 34.1 Å². The first-order valence-corrected chi connectivity index (χ1v) is 8.93. The summed E-state index contributed by atoms with van der Waals surface area (Å²) in [5.41, 5.74) is 3.43. The number of rotatable bonds is 8. The Balaban J connectivity index is 1.95. The van der Waals surface area contributed by atoms with E-state index in [-0.39, 0.29) is 12.1 Å². The smallest absolute Gasteiger partial charge is 0.259 e. The summed E-state index contributed by atoms with van der Waals surface area (Å²) >= 11 is 3.35. The Kier molecular flexibility index (Phi) is 7.82. The van der Waals surface area contributed by atoms with Crippen molar-refractivity contribution in [3.63, 3.8) is 0 Å². The third-order valence-electron chi connectivity index (χ3n) is 3.59. The molecular weight excluding hydrogens is 430 g/mol. The second kappa shape index (κ2) is 10.3. The van der Waals surface area contributed by atoms with E-state index in [0.717, 1.165) is 10.0 Å². The van der Waals surface area contributed by atoms with Gasteiger partial charge < -0.3 is 19.5 Å². The Bertz CT molecular complexity index is 861. The molecule has 28 heavy (non-hydrogen) atoms. The van der Waals surface area contributed by atoms with E-state index in [1.807, 2.05) is 24.3 Å². The molecule has 0 spiro atoms. The first-order chi connectivity index (χ1) is 13.5. The number of carbonyl (C=O) groups is 2. The Labute approximate surface area is 171 Å². The van der Waals surface area contributed by atoms with Crippen LogP contribution in [0.1, 0.15) is 15.9 Å². The van der Waals surface area contributed by atoms with Crippen LogP contribution < -0.4 is 25.0 Å². The third kappa shape index (κ3) is 5.71. The lowest BCUT2D eigenvalue weighted by Gasteiger charge is -2.14. The molecule has 2 aromatic rings. The van der Waals surface area contributed by atoms with Gasteiger partial charge in [-0.15, -0.1) is 0 Å². The molecule has 0 saturated carbocycles. The van der Waals surface area contributed by atoms with E-state index in [1.54, 1.807) is 0 Å². The van der Waals surface area contributed by atoms with Crippen LogP contribution in [-0.4, -0.2) is 45.9 Å². The Morgan fingerprint density at radius 3 is 2.32 bits per heavy atom. The molecule has 0 heterocycles. The van der Waals surface area contributed by atoms with E-state index >= 15 is 0 Å². The van der Waals surface area contributed by atoms with Crippen molar-refractivity contribution >= 4 is 34.0 Å². The second-order valence-corrected chi connectivity index (χ2v) is 6.36. The summed E-state index contributed by atoms with van der Waals surface area (Å²) in [6.07, 6.45) is 1.50. The van der Waals surface area contributed by atoms with Gasteiger partial charge in [-0.3, -0.25) is 9.59 Å². The van der Waals surface area contributed by atoms with Crippen LogP contribution in [0.25, 0.3) is 0 Å². The van der Waals surface area contributed by atoms with Gasteiger partial charge in [-0.1, -0.05) is 28.1 Å². The van der Waals surface area contributed by atoms with E-state index in [0.29, 0.717) is 17.2 Å². The van der Waals surface area contributed by atoms with E-state index in [1.165, 1.54) is 39.7 Å². The van der Waals surface area contributed by atoms with Crippen LogP contribution in [0.5, 0.6) is 17.2 Å². The monoisotopic (exact) mass is 449 g/mol. The summed E-state index contributed by atoms with van der Waals surface area (Å²) in [6.45, 7) is -0.245. The van der Waals surface area contributed by atoms with Gasteiger partial charge in [-0.2, -0.15) is 5.10 Å². The zero-order chi connectivity index (χ0) is 20.5. The first-order valence-electron chi connectivity index (χ1n) is 8.14. The lowest BCUT2D eigenvalue weighted by Crippen LogP contribution is -2.34. The fourth-order valence-corrected chi connectivity index (χ4v) is 2.70. The van der Waals surface area contributed by atoms with Gasteiger partial charge in [0.15, 0.2) is 11.5 Å². The molecule has 2 aromatic carbocycles. The van der Waals surface area contributed by atoms with E-state index in [9.17, 15) is 9.59 Å². The maximum Gasteiger partial charge on any atom is 0.259 e. The molecule has 9 heteroatoms. The van der Waals surface area contributed by atoms with Crippen molar-refractivity contribution in [1.29, 1.82) is 0 Å². The molecular formula is C19H20BrN3O5. The highest BCUT2D eigenvalue weighted by Crippen LogP contribution is 2.38. The van der Waals surface area contributed by atoms with Crippen LogP contribution in [0.15, 0.2) is 46.0 Å². The average molecular weight is 450 g/mol. The van der Waals surface area contributed by atoms with Gasteiger partial charge in [0.25, 0.3) is 11.8 Å². The molecule has 0 radical (unpaired) electrons. The van der Waals surface area contributed by atoms with Crippen molar-refractivity contribution in [3.05, 3.63) is 52.0 Å². The minimum absolute atomic E-state index is 0.245. The van der Waals surface area contributed by atoms with Crippen molar-refractivity contribution < 1.29 is 23.8 Å². The summed E-state index contributed by atoms with van der Waals surface area (Å²) in [5.74, 6) is 0.128. The minimum Gasteiger partial charge on any atom is -0.493 e. The molecule has 2 N–H and O–H groups in total. The number of hydrogen-bond acceptors (Lipinski definition) is 6. The van der Waals surface area contributed by atoms with Crippen LogP contribution in [-0.2, 0) is 4.79 Å². The van der Waals surface area contributed by atoms with Gasteiger partial charge in [0, 0.05) is 10.0 Å². The Morgan fingerprint density at radius 1 is 1.07 bits per heavy atom. The topological polar surface area (TPSA) is 98.2 Å². The van der Waals surface area contributed by atoms with Crippen LogP contribution in [0.3, 0.4) is 0 Å². The summed E-state index contributed by atoms with van der Waals surface area (Å²) in [4.78, 5) is 24.2. The van der Waals surface area contributed by atoms with Crippen LogP contribution in [0.4, 0.5) is 0 Å². The average Bonchev–Trinajstić information content (AvgIpc) is 2.70. The fourth-order valence-electron chi connectivity index (χ4n) is 2.28. The maximum absolute atomic E-state index is 12.3. The second-order valence-electron chi connectivity index (χ2n) is 5.44. The number of methoxy groups -OCH3 is 3. The highest BCUT2D eigenvalue weighted by Gasteiger charge is 2.17. The number of halogens is 1. The fraction of sp³-hybridized carbons (Fsp3) is 0.211. The summed E-state index contributed by atoms with van der Waals surface area (Å²) in [5, 5.41) is 6.37. The van der Waals surface area contributed by atoms with Gasteiger partial charge in [-0.25, -0.2) is 5.43 Å². The van der Waals surface area contributed by atoms with Crippen LogP contribution in [0.2, 0.25) is 0 Å². The molecule has 0 unspecified atom stereocenters. The van der Waals surface area contributed by atoms with Crippen LogP contribution in [0, 0.1) is 0 Å². The van der Waals surface area contributed by atoms with Gasteiger partial charge in [-0.05, 0) is 29.8 Å². The predicted molar refractivity (Wildman–Crippen MR) is 108 cm³/mol. The number of carbonyl (C=O) groups excluding carboxylic acids is 2. The molecule has 2 amide bonds. The number of ether oxygens (including phenoxy) is 3. The first kappa shape index (κ1) is 21.2. The molecule has 0 bridgehead atoms. The lowest BCUT2D eigenvalue weighted by molar-refractivity contribution is -0.120. The molecule has 0 fully saturated rings. The molecule has 0 atom stereocenters. The zero-order valence-electron chi connectivity index (χ0n) is 15.6. The van der Waals surface area contributed by atoms with E-state index in [4.69, 9.17) is 14.2 Å². The molecule has 0 aliphatic carbocycles. The predicted octanol–water partition coefficient (Wildman–Crippen LogP) is 2.36. The standard InChI is InChI=1S/C19H20BrN3O5/c1-26-15-8-13(9-16(27-2)18(15)28-3)19(25)21-11-17(24)23-22-10-12-5-4-6-14(20)7-12/h4-10H,11H2,1-3H3,(H,21,25)(H,23,24)/b22-10+. The largest absolute Gasteiger partial charge is 0.493 e. The zero-order valence-corrected chi connectivity index (χ0v) is 17.2. The van der Waals surface area contributed by atoms with Gasteiger partial charge >= 0.3 is 0 Å². The molecule has 0 saturated heterocycles. The SMILES string of the molecule is COc1cc(C(=O)NCC(=O)N/N=C/c2cccc(Br)c2)cc(OC)c1OC. The third-order valence-corrected chi connectivity index (χ3v) is 4.08. The molecule has 0 aliphatic rings. The summed E-state index contributed by atoms with van der Waals surface area (Å²) in [6, 6.07) is 10.4. The van der Waals surface area contributed by atoms with E-state index in [2.05, 4.69) is 31.8 Å². The van der Waals surface area contributed by atoms with Crippen LogP contribution >= 0.6 is 15.9 Å². The number of amides is 2. The van der Waals surface area contributed by atoms with Gasteiger partial charge in [0.2, 0.25) is 5.75 Å². The lowest BCUT2D eigenvalue weighted by atomic mass is 10.1. The van der Waals surface area contributed by atoms with E-state index < -0.39 is 11.8 Å². The van der Waals surface area contributed by atoms with Crippen molar-refractivity contribution in [2.24, 2.45) is 5.10 Å². The molecule has 8 nitrogen and oxygen atoms in total. The maximum atomic E-state index is 12.3. The summed E-state index contributed by atoms with van der Waals surface area (Å²) < 4.78 is 16.5. The summed E-state index contributed by atoms with van der Waals surface area (Å²) in [7, 11) is 4.38. The quantitative estimate of drug-likeness (QED) is 0.476. The van der Waals surface area contributed by atoms with Crippen molar-refractivity contribution in [2.45, 2.75) is 0 Å². The van der Waals surface area contributed by atoms with Crippen molar-refractivity contribution in [2.75, 3.05) is 27.9 Å². The minimum atomic E-state index is -0.467. The number of nitrogens with zero attached hydrogens (tertiary/aromatic N) is 1. The number of hydrogen-bond donors (Lipinski definition) is 2. The molecule has 148 valence electrons. The Morgan fingerprint density at radius 2 is 1.75 bits per heavy atom. The highest BCUT2D eigenvalue weighted by molar-refractivity contribution is 9.10. The van der Waals surface area contributed by atoms with Crippen molar-refractivity contribution in [3.8, 4) is 17.2 Å². The van der Waals surface area contributed by atoms with Gasteiger partial charge in [0.1, 0.15) is 0 Å². The molecule has 0 aromatic heterocycles.